The first kappa shape index (κ1) is 19.8. The lowest BCUT2D eigenvalue weighted by atomic mass is 9.70. The van der Waals surface area contributed by atoms with Gasteiger partial charge in [-0.3, -0.25) is 0 Å². The van der Waals surface area contributed by atoms with Gasteiger partial charge < -0.3 is 14.3 Å². The summed E-state index contributed by atoms with van der Waals surface area (Å²) >= 11 is 0. The Morgan fingerprint density at radius 3 is 2.25 bits per heavy atom. The van der Waals surface area contributed by atoms with Gasteiger partial charge in [0.1, 0.15) is 0 Å². The standard InChI is InChI=1S/C19H37BN2O2/c1-15(14-20-23-18(2,3)19(4,5)24-20)16-12-10-8-9-11-13-17(16)21-22(6)7/h15-16H,8-14H2,1-7H3/b21-17+/t15-,16-/m1/s1. The fourth-order valence-electron chi connectivity index (χ4n) is 3.90. The average molecular weight is 336 g/mol. The normalized spacial score (nSPS) is 30.0. The maximum atomic E-state index is 6.23. The summed E-state index contributed by atoms with van der Waals surface area (Å²) < 4.78 is 12.5. The van der Waals surface area contributed by atoms with Gasteiger partial charge in [-0.2, -0.15) is 5.10 Å². The number of hydrogen-bond donors (Lipinski definition) is 0. The molecule has 4 nitrogen and oxygen atoms in total. The van der Waals surface area contributed by atoms with Crippen LogP contribution in [0.3, 0.4) is 0 Å². The molecule has 0 aromatic rings. The van der Waals surface area contributed by atoms with Crippen LogP contribution in [0.5, 0.6) is 0 Å². The van der Waals surface area contributed by atoms with E-state index in [-0.39, 0.29) is 18.3 Å². The lowest BCUT2D eigenvalue weighted by Gasteiger charge is -2.32. The zero-order valence-corrected chi connectivity index (χ0v) is 16.9. The van der Waals surface area contributed by atoms with Crippen LogP contribution in [0.15, 0.2) is 5.10 Å². The quantitative estimate of drug-likeness (QED) is 0.556. The molecule has 0 N–H and O–H groups in total. The third-order valence-electron chi connectivity index (χ3n) is 6.01. The lowest BCUT2D eigenvalue weighted by Crippen LogP contribution is -2.41. The fraction of sp³-hybridized carbons (Fsp3) is 0.947. The molecule has 0 unspecified atom stereocenters. The molecule has 0 aromatic heterocycles. The van der Waals surface area contributed by atoms with Crippen LogP contribution >= 0.6 is 0 Å². The maximum Gasteiger partial charge on any atom is 0.458 e. The van der Waals surface area contributed by atoms with Gasteiger partial charge in [-0.15, -0.1) is 0 Å². The average Bonchev–Trinajstić information content (AvgIpc) is 2.60. The van der Waals surface area contributed by atoms with Crippen LogP contribution in [0.4, 0.5) is 0 Å². The first-order valence-electron chi connectivity index (χ1n) is 9.73. The summed E-state index contributed by atoms with van der Waals surface area (Å²) in [5, 5.41) is 6.80. The van der Waals surface area contributed by atoms with Crippen molar-refractivity contribution in [1.82, 2.24) is 5.01 Å². The van der Waals surface area contributed by atoms with E-state index in [1.165, 1.54) is 37.8 Å². The largest absolute Gasteiger partial charge is 0.458 e. The van der Waals surface area contributed by atoms with Gasteiger partial charge in [-0.25, -0.2) is 0 Å². The minimum Gasteiger partial charge on any atom is -0.403 e. The second-order valence-electron chi connectivity index (χ2n) is 8.90. The Hall–Kier alpha value is -0.545. The number of hydrogen-bond acceptors (Lipinski definition) is 4. The maximum absolute atomic E-state index is 6.23. The minimum atomic E-state index is -0.237. The van der Waals surface area contributed by atoms with Crippen molar-refractivity contribution < 1.29 is 9.31 Å². The van der Waals surface area contributed by atoms with Crippen molar-refractivity contribution in [3.05, 3.63) is 0 Å². The lowest BCUT2D eigenvalue weighted by molar-refractivity contribution is 0.00578. The first-order valence-corrected chi connectivity index (χ1v) is 9.73. The molecule has 1 saturated heterocycles. The van der Waals surface area contributed by atoms with Crippen molar-refractivity contribution >= 4 is 12.8 Å². The molecule has 1 aliphatic heterocycles. The van der Waals surface area contributed by atoms with E-state index in [0.29, 0.717) is 11.8 Å². The van der Waals surface area contributed by atoms with Gasteiger partial charge in [0, 0.05) is 25.7 Å². The van der Waals surface area contributed by atoms with E-state index in [1.807, 2.05) is 19.1 Å². The molecule has 0 amide bonds. The molecule has 24 heavy (non-hydrogen) atoms. The smallest absolute Gasteiger partial charge is 0.403 e. The van der Waals surface area contributed by atoms with E-state index in [2.05, 4.69) is 34.6 Å². The summed E-state index contributed by atoms with van der Waals surface area (Å²) in [6, 6.07) is 0. The van der Waals surface area contributed by atoms with Crippen molar-refractivity contribution in [1.29, 1.82) is 0 Å². The van der Waals surface area contributed by atoms with E-state index in [4.69, 9.17) is 14.4 Å². The molecular weight excluding hydrogens is 299 g/mol. The Kier molecular flexibility index (Phi) is 6.41. The Labute approximate surface area is 149 Å². The molecule has 0 bridgehead atoms. The van der Waals surface area contributed by atoms with E-state index in [1.54, 1.807) is 0 Å². The molecule has 2 rings (SSSR count). The Bertz CT molecular complexity index is 433. The number of hydrazone groups is 1. The van der Waals surface area contributed by atoms with Gasteiger partial charge in [0.2, 0.25) is 0 Å². The highest BCUT2D eigenvalue weighted by Gasteiger charge is 2.51. The van der Waals surface area contributed by atoms with E-state index in [9.17, 15) is 0 Å². The fourth-order valence-corrected chi connectivity index (χ4v) is 3.90. The van der Waals surface area contributed by atoms with Gasteiger partial charge in [0.05, 0.1) is 11.2 Å². The van der Waals surface area contributed by atoms with Crippen molar-refractivity contribution in [3.8, 4) is 0 Å². The van der Waals surface area contributed by atoms with Crippen molar-refractivity contribution in [2.24, 2.45) is 16.9 Å². The molecule has 0 spiro atoms. The van der Waals surface area contributed by atoms with Crippen molar-refractivity contribution in [2.45, 2.75) is 90.7 Å². The summed E-state index contributed by atoms with van der Waals surface area (Å²) in [7, 11) is 3.96. The van der Waals surface area contributed by atoms with Crippen LogP contribution in [-0.2, 0) is 9.31 Å². The van der Waals surface area contributed by atoms with Crippen LogP contribution in [0.25, 0.3) is 0 Å². The molecule has 0 radical (unpaired) electrons. The van der Waals surface area contributed by atoms with E-state index in [0.717, 1.165) is 12.7 Å². The predicted molar refractivity (Wildman–Crippen MR) is 102 cm³/mol. The van der Waals surface area contributed by atoms with E-state index >= 15 is 0 Å². The molecule has 2 fully saturated rings. The second-order valence-corrected chi connectivity index (χ2v) is 8.90. The second kappa shape index (κ2) is 7.78. The summed E-state index contributed by atoms with van der Waals surface area (Å²) in [5.74, 6) is 1.07. The third kappa shape index (κ3) is 4.75. The highest BCUT2D eigenvalue weighted by molar-refractivity contribution is 6.45. The number of nitrogens with zero attached hydrogens (tertiary/aromatic N) is 2. The molecule has 2 atom stereocenters. The van der Waals surface area contributed by atoms with Crippen molar-refractivity contribution in [3.63, 3.8) is 0 Å². The van der Waals surface area contributed by atoms with Gasteiger partial charge in [0.25, 0.3) is 0 Å². The minimum absolute atomic E-state index is 0.101. The predicted octanol–water partition coefficient (Wildman–Crippen LogP) is 4.60. The zero-order chi connectivity index (χ0) is 18.0. The van der Waals surface area contributed by atoms with Crippen LogP contribution in [0.2, 0.25) is 6.32 Å². The number of rotatable bonds is 4. The third-order valence-corrected chi connectivity index (χ3v) is 6.01. The van der Waals surface area contributed by atoms with Crippen molar-refractivity contribution in [2.75, 3.05) is 14.1 Å². The molecular formula is C19H37BN2O2. The monoisotopic (exact) mass is 336 g/mol. The van der Waals surface area contributed by atoms with Crippen LogP contribution in [-0.4, -0.2) is 43.1 Å². The van der Waals surface area contributed by atoms with Crippen LogP contribution in [0.1, 0.15) is 73.1 Å². The Balaban J connectivity index is 2.06. The van der Waals surface area contributed by atoms with Gasteiger partial charge in [-0.1, -0.05) is 26.2 Å². The summed E-state index contributed by atoms with van der Waals surface area (Å²) in [4.78, 5) is 0. The molecule has 5 heteroatoms. The SMILES string of the molecule is C[C@H](CB1OC(C)(C)C(C)(C)O1)[C@H]1CCCCCC/C1=N\N(C)C. The van der Waals surface area contributed by atoms with Crippen LogP contribution in [0, 0.1) is 11.8 Å². The zero-order valence-electron chi connectivity index (χ0n) is 16.9. The molecule has 2 aliphatic rings. The van der Waals surface area contributed by atoms with Gasteiger partial charge in [0.15, 0.2) is 0 Å². The van der Waals surface area contributed by atoms with E-state index < -0.39 is 0 Å². The highest BCUT2D eigenvalue weighted by Crippen LogP contribution is 2.40. The first-order chi connectivity index (χ1) is 11.1. The van der Waals surface area contributed by atoms with Gasteiger partial charge in [-0.05, 0) is 59.2 Å². The Morgan fingerprint density at radius 2 is 1.67 bits per heavy atom. The highest BCUT2D eigenvalue weighted by atomic mass is 16.7. The molecule has 138 valence electrons. The summed E-state index contributed by atoms with van der Waals surface area (Å²) in [5.41, 5.74) is 0.904. The summed E-state index contributed by atoms with van der Waals surface area (Å²) in [6.07, 6.45) is 8.60. The van der Waals surface area contributed by atoms with Crippen LogP contribution < -0.4 is 0 Å². The molecule has 1 heterocycles. The molecule has 0 aromatic carbocycles. The Morgan fingerprint density at radius 1 is 1.08 bits per heavy atom. The molecule has 1 saturated carbocycles. The summed E-state index contributed by atoms with van der Waals surface area (Å²) in [6.45, 7) is 10.9. The topological polar surface area (TPSA) is 34.1 Å². The molecule has 1 aliphatic carbocycles. The van der Waals surface area contributed by atoms with Gasteiger partial charge >= 0.3 is 7.12 Å².